The second-order valence-corrected chi connectivity index (χ2v) is 8.23. The Bertz CT molecular complexity index is 565. The number of rotatable bonds is 5. The van der Waals surface area contributed by atoms with Gasteiger partial charge in [-0.3, -0.25) is 4.79 Å². The third kappa shape index (κ3) is 4.57. The van der Waals surface area contributed by atoms with Gasteiger partial charge >= 0.3 is 0 Å². The van der Waals surface area contributed by atoms with Crippen LogP contribution < -0.4 is 0 Å². The topological polar surface area (TPSA) is 32.8 Å². The third-order valence-electron chi connectivity index (χ3n) is 5.50. The summed E-state index contributed by atoms with van der Waals surface area (Å²) in [6.45, 7) is 6.14. The third-order valence-corrected chi connectivity index (χ3v) is 6.45. The molecular weight excluding hydrogens is 332 g/mol. The van der Waals surface area contributed by atoms with Crippen molar-refractivity contribution in [3.8, 4) is 0 Å². The lowest BCUT2D eigenvalue weighted by Crippen LogP contribution is -2.49. The molecule has 0 N–H and O–H groups in total. The molecule has 5 heteroatoms. The van der Waals surface area contributed by atoms with Crippen LogP contribution in [0.15, 0.2) is 29.2 Å². The minimum Gasteiger partial charge on any atom is -0.381 e. The van der Waals surface area contributed by atoms with Gasteiger partial charge in [0.2, 0.25) is 0 Å². The highest BCUT2D eigenvalue weighted by Crippen LogP contribution is 2.26. The zero-order valence-electron chi connectivity index (χ0n) is 15.4. The molecule has 2 fully saturated rings. The first-order valence-electron chi connectivity index (χ1n) is 9.51. The zero-order valence-corrected chi connectivity index (χ0v) is 16.3. The fourth-order valence-electron chi connectivity index (χ4n) is 4.01. The fraction of sp³-hybridized carbons (Fsp3) is 0.650. The molecule has 2 saturated heterocycles. The molecule has 0 radical (unpaired) electrons. The number of hydrogen-bond acceptors (Lipinski definition) is 4. The molecule has 4 nitrogen and oxygen atoms in total. The maximum absolute atomic E-state index is 12.9. The van der Waals surface area contributed by atoms with Crippen LogP contribution >= 0.6 is 11.8 Å². The van der Waals surface area contributed by atoms with E-state index in [0.29, 0.717) is 12.1 Å². The van der Waals surface area contributed by atoms with E-state index in [1.807, 2.05) is 30.2 Å². The summed E-state index contributed by atoms with van der Waals surface area (Å²) < 4.78 is 5.47. The fourth-order valence-corrected chi connectivity index (χ4v) is 4.80. The van der Waals surface area contributed by atoms with Crippen LogP contribution in [0.3, 0.4) is 0 Å². The molecule has 0 unspecified atom stereocenters. The number of ether oxygens (including phenoxy) is 1. The first kappa shape index (κ1) is 18.7. The molecule has 25 heavy (non-hydrogen) atoms. The van der Waals surface area contributed by atoms with E-state index >= 15 is 0 Å². The van der Waals surface area contributed by atoms with Crippen molar-refractivity contribution in [2.45, 2.75) is 49.6 Å². The highest BCUT2D eigenvalue weighted by molar-refractivity contribution is 7.99. The van der Waals surface area contributed by atoms with E-state index < -0.39 is 0 Å². The smallest absolute Gasteiger partial charge is 0.254 e. The van der Waals surface area contributed by atoms with E-state index in [1.54, 1.807) is 11.8 Å². The molecule has 0 atom stereocenters. The van der Waals surface area contributed by atoms with E-state index in [-0.39, 0.29) is 5.91 Å². The number of thioether (sulfide) groups is 1. The quantitative estimate of drug-likeness (QED) is 0.751. The molecule has 0 aromatic heterocycles. The summed E-state index contributed by atoms with van der Waals surface area (Å²) in [5.41, 5.74) is 0.869. The van der Waals surface area contributed by atoms with Gasteiger partial charge in [0.05, 0.1) is 11.7 Å². The average molecular weight is 363 g/mol. The normalized spacial score (nSPS) is 20.8. The molecular formula is C20H30N2O2S. The maximum atomic E-state index is 12.9. The van der Waals surface area contributed by atoms with Crippen LogP contribution in [-0.4, -0.2) is 66.9 Å². The Morgan fingerprint density at radius 2 is 1.80 bits per heavy atom. The van der Waals surface area contributed by atoms with Gasteiger partial charge in [-0.2, -0.15) is 0 Å². The van der Waals surface area contributed by atoms with Crippen molar-refractivity contribution in [1.82, 2.24) is 9.80 Å². The van der Waals surface area contributed by atoms with Crippen LogP contribution in [0.2, 0.25) is 0 Å². The van der Waals surface area contributed by atoms with E-state index in [1.165, 1.54) is 0 Å². The molecule has 1 aromatic carbocycles. The first-order chi connectivity index (χ1) is 12.2. The highest BCUT2D eigenvalue weighted by Gasteiger charge is 2.30. The summed E-state index contributed by atoms with van der Waals surface area (Å²) in [5, 5.41) is 0. The van der Waals surface area contributed by atoms with E-state index in [9.17, 15) is 4.79 Å². The summed E-state index contributed by atoms with van der Waals surface area (Å²) >= 11 is 1.75. The number of methoxy groups -OCH3 is 1. The van der Waals surface area contributed by atoms with Gasteiger partial charge in [-0.25, -0.2) is 0 Å². The summed E-state index contributed by atoms with van der Waals surface area (Å²) in [7, 11) is 1.82. The SMILES string of the molecule is CCSc1ccccc1C(=O)N1CCC(N2CCC(OC)CC2)CC1. The molecule has 2 aliphatic heterocycles. The Morgan fingerprint density at radius 1 is 1.12 bits per heavy atom. The molecule has 0 aliphatic carbocycles. The van der Waals surface area contributed by atoms with Gasteiger partial charge in [0.25, 0.3) is 5.91 Å². The van der Waals surface area contributed by atoms with Crippen LogP contribution in [0.25, 0.3) is 0 Å². The molecule has 1 aromatic rings. The van der Waals surface area contributed by atoms with Crippen molar-refractivity contribution in [2.24, 2.45) is 0 Å². The van der Waals surface area contributed by atoms with Gasteiger partial charge in [-0.1, -0.05) is 19.1 Å². The van der Waals surface area contributed by atoms with Gasteiger partial charge in [0.15, 0.2) is 0 Å². The van der Waals surface area contributed by atoms with Crippen LogP contribution in [0.4, 0.5) is 0 Å². The lowest BCUT2D eigenvalue weighted by molar-refractivity contribution is 0.0145. The second kappa shape index (κ2) is 9.06. The summed E-state index contributed by atoms with van der Waals surface area (Å²) in [4.78, 5) is 18.7. The van der Waals surface area contributed by atoms with Crippen molar-refractivity contribution in [2.75, 3.05) is 39.0 Å². The van der Waals surface area contributed by atoms with Gasteiger partial charge in [-0.05, 0) is 43.6 Å². The lowest BCUT2D eigenvalue weighted by atomic mass is 9.98. The Hall–Kier alpha value is -1.04. The Morgan fingerprint density at radius 3 is 2.44 bits per heavy atom. The van der Waals surface area contributed by atoms with Crippen molar-refractivity contribution >= 4 is 17.7 Å². The molecule has 2 heterocycles. The molecule has 138 valence electrons. The summed E-state index contributed by atoms with van der Waals surface area (Å²) in [5.74, 6) is 1.19. The Labute approximate surface area is 155 Å². The minimum absolute atomic E-state index is 0.202. The standard InChI is InChI=1S/C20H30N2O2S/c1-3-25-19-7-5-4-6-18(19)20(23)22-12-8-16(9-13-22)21-14-10-17(24-2)11-15-21/h4-7,16-17H,3,8-15H2,1-2H3. The van der Waals surface area contributed by atoms with E-state index in [4.69, 9.17) is 4.74 Å². The van der Waals surface area contributed by atoms with Crippen LogP contribution in [0.1, 0.15) is 43.0 Å². The number of nitrogens with zero attached hydrogens (tertiary/aromatic N) is 2. The van der Waals surface area contributed by atoms with Gasteiger partial charge in [0, 0.05) is 44.2 Å². The summed E-state index contributed by atoms with van der Waals surface area (Å²) in [6.07, 6.45) is 4.89. The highest BCUT2D eigenvalue weighted by atomic mass is 32.2. The number of likely N-dealkylation sites (tertiary alicyclic amines) is 2. The number of hydrogen-bond donors (Lipinski definition) is 0. The molecule has 3 rings (SSSR count). The number of amides is 1. The van der Waals surface area contributed by atoms with Gasteiger partial charge in [0.1, 0.15) is 0 Å². The van der Waals surface area contributed by atoms with Crippen LogP contribution in [0.5, 0.6) is 0 Å². The molecule has 0 bridgehead atoms. The zero-order chi connectivity index (χ0) is 17.6. The summed E-state index contributed by atoms with van der Waals surface area (Å²) in [6, 6.07) is 8.66. The van der Waals surface area contributed by atoms with E-state index in [2.05, 4.69) is 17.9 Å². The van der Waals surface area contributed by atoms with Crippen molar-refractivity contribution in [3.05, 3.63) is 29.8 Å². The molecule has 1 amide bonds. The number of carbonyl (C=O) groups excluding carboxylic acids is 1. The van der Waals surface area contributed by atoms with Crippen molar-refractivity contribution in [3.63, 3.8) is 0 Å². The molecule has 2 aliphatic rings. The Balaban J connectivity index is 1.55. The molecule has 0 saturated carbocycles. The molecule has 0 spiro atoms. The lowest BCUT2D eigenvalue weighted by Gasteiger charge is -2.41. The number of benzene rings is 1. The maximum Gasteiger partial charge on any atom is 0.254 e. The minimum atomic E-state index is 0.202. The first-order valence-corrected chi connectivity index (χ1v) is 10.5. The van der Waals surface area contributed by atoms with Gasteiger partial charge in [-0.15, -0.1) is 11.8 Å². The van der Waals surface area contributed by atoms with E-state index in [0.717, 1.165) is 68.1 Å². The van der Waals surface area contributed by atoms with Crippen molar-refractivity contribution < 1.29 is 9.53 Å². The Kier molecular flexibility index (Phi) is 6.79. The number of carbonyl (C=O) groups is 1. The predicted molar refractivity (Wildman–Crippen MR) is 103 cm³/mol. The van der Waals surface area contributed by atoms with Crippen molar-refractivity contribution in [1.29, 1.82) is 0 Å². The van der Waals surface area contributed by atoms with Gasteiger partial charge < -0.3 is 14.5 Å². The largest absolute Gasteiger partial charge is 0.381 e. The monoisotopic (exact) mass is 362 g/mol. The predicted octanol–water partition coefficient (Wildman–Crippen LogP) is 3.51. The van der Waals surface area contributed by atoms with Crippen LogP contribution in [0, 0.1) is 0 Å². The number of piperidine rings is 2. The second-order valence-electron chi connectivity index (χ2n) is 6.92. The van der Waals surface area contributed by atoms with Crippen LogP contribution in [-0.2, 0) is 4.74 Å². The average Bonchev–Trinajstić information content (AvgIpc) is 2.68.